The number of sulfonamides is 1. The zero-order valence-corrected chi connectivity index (χ0v) is 14.5. The lowest BCUT2D eigenvalue weighted by Gasteiger charge is -2.19. The first-order valence-corrected chi connectivity index (χ1v) is 8.94. The number of nitrogens with one attached hydrogen (secondary N) is 2. The van der Waals surface area contributed by atoms with E-state index in [0.717, 1.165) is 5.56 Å². The van der Waals surface area contributed by atoms with Crippen LogP contribution in [0.25, 0.3) is 0 Å². The van der Waals surface area contributed by atoms with Crippen molar-refractivity contribution >= 4 is 10.0 Å². The van der Waals surface area contributed by atoms with Crippen LogP contribution in [-0.4, -0.2) is 28.2 Å². The van der Waals surface area contributed by atoms with E-state index in [2.05, 4.69) is 19.9 Å². The van der Waals surface area contributed by atoms with E-state index in [9.17, 15) is 8.42 Å². The highest BCUT2D eigenvalue weighted by Crippen LogP contribution is 2.25. The van der Waals surface area contributed by atoms with Crippen molar-refractivity contribution in [3.05, 3.63) is 65.5 Å². The Bertz CT molecular complexity index is 925. The van der Waals surface area contributed by atoms with Crippen molar-refractivity contribution in [2.75, 3.05) is 0 Å². The van der Waals surface area contributed by atoms with Crippen molar-refractivity contribution in [2.45, 2.75) is 24.8 Å². The van der Waals surface area contributed by atoms with Crippen molar-refractivity contribution in [3.63, 3.8) is 0 Å². The average Bonchev–Trinajstić information content (AvgIpc) is 3.12. The summed E-state index contributed by atoms with van der Waals surface area (Å²) in [7, 11) is -1.93. The minimum atomic E-state index is -3.77. The molecule has 0 aliphatic carbocycles. The molecule has 126 valence electrons. The Hall–Kier alpha value is -2.45. The lowest BCUT2D eigenvalue weighted by atomic mass is 10.1. The summed E-state index contributed by atoms with van der Waals surface area (Å²) in [5.74, 6) is 0.614. The smallest absolute Gasteiger partial charge is 0.245 e. The number of nitrogens with zero attached hydrogens (tertiary/aromatic N) is 3. The molecule has 0 fully saturated rings. The third-order valence-electron chi connectivity index (χ3n) is 3.85. The molecule has 1 aromatic carbocycles. The third kappa shape index (κ3) is 2.98. The summed E-state index contributed by atoms with van der Waals surface area (Å²) < 4.78 is 30.4. The molecule has 3 aromatic rings. The maximum atomic E-state index is 12.9. The van der Waals surface area contributed by atoms with Crippen LogP contribution in [-0.2, 0) is 17.1 Å². The topological polar surface area (TPSA) is 92.7 Å². The van der Waals surface area contributed by atoms with Crippen molar-refractivity contribution < 1.29 is 8.42 Å². The molecule has 0 saturated heterocycles. The van der Waals surface area contributed by atoms with E-state index >= 15 is 0 Å². The van der Waals surface area contributed by atoms with E-state index in [1.165, 1.54) is 0 Å². The van der Waals surface area contributed by atoms with Crippen LogP contribution in [0, 0.1) is 13.8 Å². The van der Waals surface area contributed by atoms with Gasteiger partial charge in [-0.15, -0.1) is 0 Å². The first-order chi connectivity index (χ1) is 11.4. The molecule has 0 aliphatic heterocycles. The molecule has 2 N–H and O–H groups in total. The number of H-pyrrole nitrogens is 1. The van der Waals surface area contributed by atoms with Gasteiger partial charge in [0.25, 0.3) is 0 Å². The summed E-state index contributed by atoms with van der Waals surface area (Å²) in [5.41, 5.74) is 1.76. The molecule has 1 atom stereocenters. The Morgan fingerprint density at radius 2 is 1.92 bits per heavy atom. The fourth-order valence-electron chi connectivity index (χ4n) is 2.72. The lowest BCUT2D eigenvalue weighted by molar-refractivity contribution is 0.561. The highest BCUT2D eigenvalue weighted by Gasteiger charge is 2.29. The highest BCUT2D eigenvalue weighted by molar-refractivity contribution is 7.89. The van der Waals surface area contributed by atoms with E-state index < -0.39 is 16.1 Å². The van der Waals surface area contributed by atoms with Crippen LogP contribution in [0.3, 0.4) is 0 Å². The number of rotatable bonds is 5. The number of aromatic amines is 1. The summed E-state index contributed by atoms with van der Waals surface area (Å²) in [6.07, 6.45) is 3.43. The van der Waals surface area contributed by atoms with Gasteiger partial charge in [-0.05, 0) is 19.4 Å². The predicted octanol–water partition coefficient (Wildman–Crippen LogP) is 1.83. The van der Waals surface area contributed by atoms with Gasteiger partial charge >= 0.3 is 0 Å². The van der Waals surface area contributed by atoms with E-state index in [-0.39, 0.29) is 4.90 Å². The summed E-state index contributed by atoms with van der Waals surface area (Å²) in [6.45, 7) is 3.35. The van der Waals surface area contributed by atoms with E-state index in [4.69, 9.17) is 0 Å². The Morgan fingerprint density at radius 3 is 2.46 bits per heavy atom. The van der Waals surface area contributed by atoms with Crippen molar-refractivity contribution in [3.8, 4) is 0 Å². The first kappa shape index (κ1) is 16.4. The van der Waals surface area contributed by atoms with Crippen LogP contribution in [0.2, 0.25) is 0 Å². The fraction of sp³-hybridized carbons (Fsp3) is 0.250. The van der Waals surface area contributed by atoms with Gasteiger partial charge in [0.2, 0.25) is 10.0 Å². The summed E-state index contributed by atoms with van der Waals surface area (Å²) >= 11 is 0. The standard InChI is InChI=1S/C16H19N5O2S/c1-11-15(12(2)19-18-11)24(22,23)20-14(13-7-5-4-6-8-13)16-17-9-10-21(16)3/h4-10,14,20H,1-3H3,(H,18,19)/t14-/m1/s1. The van der Waals surface area contributed by atoms with Gasteiger partial charge in [-0.3, -0.25) is 5.10 Å². The Morgan fingerprint density at radius 1 is 1.21 bits per heavy atom. The number of hydrogen-bond acceptors (Lipinski definition) is 4. The second kappa shape index (κ2) is 6.21. The molecule has 8 heteroatoms. The van der Waals surface area contributed by atoms with Crippen molar-refractivity contribution in [1.29, 1.82) is 0 Å². The molecule has 0 spiro atoms. The third-order valence-corrected chi connectivity index (χ3v) is 5.54. The second-order valence-corrected chi connectivity index (χ2v) is 7.28. The van der Waals surface area contributed by atoms with Crippen LogP contribution in [0.1, 0.15) is 28.8 Å². The van der Waals surface area contributed by atoms with Gasteiger partial charge < -0.3 is 4.57 Å². The van der Waals surface area contributed by atoms with E-state index in [1.54, 1.807) is 30.8 Å². The van der Waals surface area contributed by atoms with Crippen molar-refractivity contribution in [2.24, 2.45) is 7.05 Å². The average molecular weight is 345 g/mol. The largest absolute Gasteiger partial charge is 0.336 e. The van der Waals surface area contributed by atoms with Gasteiger partial charge in [-0.1, -0.05) is 30.3 Å². The molecule has 0 unspecified atom stereocenters. The second-order valence-electron chi connectivity index (χ2n) is 5.62. The van der Waals surface area contributed by atoms with Crippen LogP contribution >= 0.6 is 0 Å². The predicted molar refractivity (Wildman–Crippen MR) is 89.9 cm³/mol. The van der Waals surface area contributed by atoms with Gasteiger partial charge in [0.15, 0.2) is 0 Å². The molecule has 24 heavy (non-hydrogen) atoms. The molecule has 7 nitrogen and oxygen atoms in total. The molecule has 2 aromatic heterocycles. The number of aromatic nitrogens is 4. The van der Waals surface area contributed by atoms with Crippen LogP contribution < -0.4 is 4.72 Å². The first-order valence-electron chi connectivity index (χ1n) is 7.46. The summed E-state index contributed by atoms with van der Waals surface area (Å²) in [6, 6.07) is 8.78. The maximum Gasteiger partial charge on any atom is 0.245 e. The van der Waals surface area contributed by atoms with Gasteiger partial charge in [-0.25, -0.2) is 13.4 Å². The van der Waals surface area contributed by atoms with Gasteiger partial charge in [-0.2, -0.15) is 9.82 Å². The zero-order valence-electron chi connectivity index (χ0n) is 13.7. The quantitative estimate of drug-likeness (QED) is 0.738. The Kier molecular flexibility index (Phi) is 4.25. The molecule has 0 bridgehead atoms. The maximum absolute atomic E-state index is 12.9. The number of benzene rings is 1. The normalized spacial score (nSPS) is 13.1. The molecule has 0 aliphatic rings. The Labute approximate surface area is 140 Å². The zero-order chi connectivity index (χ0) is 17.3. The molecule has 0 amide bonds. The van der Waals surface area contributed by atoms with Crippen LogP contribution in [0.4, 0.5) is 0 Å². The van der Waals surface area contributed by atoms with Gasteiger partial charge in [0.1, 0.15) is 16.8 Å². The number of aryl methyl sites for hydroxylation is 3. The van der Waals surface area contributed by atoms with Gasteiger partial charge in [0, 0.05) is 19.4 Å². The fourth-order valence-corrected chi connectivity index (χ4v) is 4.27. The summed E-state index contributed by atoms with van der Waals surface area (Å²) in [4.78, 5) is 4.49. The van der Waals surface area contributed by atoms with E-state index in [1.807, 2.05) is 37.4 Å². The molecular weight excluding hydrogens is 326 g/mol. The monoisotopic (exact) mass is 345 g/mol. The summed E-state index contributed by atoms with van der Waals surface area (Å²) in [5, 5.41) is 6.69. The SMILES string of the molecule is Cc1n[nH]c(C)c1S(=O)(=O)N[C@H](c1ccccc1)c1nccn1C. The number of hydrogen-bond donors (Lipinski definition) is 2. The molecule has 3 rings (SSSR count). The minimum Gasteiger partial charge on any atom is -0.336 e. The lowest BCUT2D eigenvalue weighted by Crippen LogP contribution is -2.31. The van der Waals surface area contributed by atoms with Gasteiger partial charge in [0.05, 0.1) is 11.4 Å². The van der Waals surface area contributed by atoms with Crippen LogP contribution in [0.5, 0.6) is 0 Å². The minimum absolute atomic E-state index is 0.178. The van der Waals surface area contributed by atoms with Crippen molar-refractivity contribution in [1.82, 2.24) is 24.5 Å². The van der Waals surface area contributed by atoms with E-state index in [0.29, 0.717) is 17.2 Å². The molecule has 0 saturated carbocycles. The molecule has 0 radical (unpaired) electrons. The Balaban J connectivity index is 2.07. The molecular formula is C16H19N5O2S. The number of imidazole rings is 1. The van der Waals surface area contributed by atoms with Crippen LogP contribution in [0.15, 0.2) is 47.6 Å². The highest BCUT2D eigenvalue weighted by atomic mass is 32.2. The molecule has 2 heterocycles.